The van der Waals surface area contributed by atoms with Crippen molar-refractivity contribution in [1.29, 1.82) is 0 Å². The summed E-state index contributed by atoms with van der Waals surface area (Å²) in [6.07, 6.45) is 9.68. The third-order valence-electron chi connectivity index (χ3n) is 3.21. The Bertz CT molecular complexity index is 478. The van der Waals surface area contributed by atoms with E-state index in [-0.39, 0.29) is 0 Å². The van der Waals surface area contributed by atoms with Crippen LogP contribution in [0.1, 0.15) is 37.7 Å². The molecule has 2 aromatic heterocycles. The van der Waals surface area contributed by atoms with E-state index in [0.717, 1.165) is 31.8 Å². The van der Waals surface area contributed by atoms with Crippen LogP contribution in [0, 0.1) is 0 Å². The summed E-state index contributed by atoms with van der Waals surface area (Å²) in [5.74, 6) is 1.14. The van der Waals surface area contributed by atoms with Crippen molar-refractivity contribution in [1.82, 2.24) is 19.9 Å². The summed E-state index contributed by atoms with van der Waals surface area (Å²) in [5, 5.41) is 3.53. The fourth-order valence-electron chi connectivity index (χ4n) is 2.31. The molecule has 0 amide bonds. The van der Waals surface area contributed by atoms with E-state index in [1.54, 1.807) is 0 Å². The SMILES string of the molecule is CCCn1ccnc1CC(NCC)c1ccncc1. The molecular formula is C15H22N4. The summed E-state index contributed by atoms with van der Waals surface area (Å²) in [6, 6.07) is 4.44. The molecule has 2 rings (SSSR count). The zero-order valence-corrected chi connectivity index (χ0v) is 11.7. The van der Waals surface area contributed by atoms with Crippen molar-refractivity contribution < 1.29 is 0 Å². The molecule has 0 aliphatic carbocycles. The molecule has 0 radical (unpaired) electrons. The van der Waals surface area contributed by atoms with Gasteiger partial charge in [-0.15, -0.1) is 0 Å². The fourth-order valence-corrected chi connectivity index (χ4v) is 2.31. The molecule has 19 heavy (non-hydrogen) atoms. The summed E-state index contributed by atoms with van der Waals surface area (Å²) in [5.41, 5.74) is 1.27. The van der Waals surface area contributed by atoms with E-state index in [2.05, 4.69) is 52.0 Å². The number of nitrogens with one attached hydrogen (secondary N) is 1. The van der Waals surface area contributed by atoms with E-state index < -0.39 is 0 Å². The molecule has 2 heterocycles. The van der Waals surface area contributed by atoms with Gasteiger partial charge >= 0.3 is 0 Å². The molecule has 1 atom stereocenters. The van der Waals surface area contributed by atoms with Crippen LogP contribution < -0.4 is 5.32 Å². The Balaban J connectivity index is 2.14. The van der Waals surface area contributed by atoms with Crippen LogP contribution in [0.3, 0.4) is 0 Å². The summed E-state index contributed by atoms with van der Waals surface area (Å²) < 4.78 is 2.24. The maximum Gasteiger partial charge on any atom is 0.110 e. The van der Waals surface area contributed by atoms with Crippen molar-refractivity contribution in [3.63, 3.8) is 0 Å². The fraction of sp³-hybridized carbons (Fsp3) is 0.467. The van der Waals surface area contributed by atoms with Crippen molar-refractivity contribution in [2.24, 2.45) is 0 Å². The second-order valence-electron chi connectivity index (χ2n) is 4.63. The lowest BCUT2D eigenvalue weighted by atomic mass is 10.0. The highest BCUT2D eigenvalue weighted by molar-refractivity contribution is 5.17. The normalized spacial score (nSPS) is 12.5. The highest BCUT2D eigenvalue weighted by Crippen LogP contribution is 2.17. The summed E-state index contributed by atoms with van der Waals surface area (Å²) >= 11 is 0. The van der Waals surface area contributed by atoms with Crippen LogP contribution in [0.2, 0.25) is 0 Å². The van der Waals surface area contributed by atoms with Crippen molar-refractivity contribution in [2.45, 2.75) is 39.3 Å². The van der Waals surface area contributed by atoms with Gasteiger partial charge < -0.3 is 9.88 Å². The van der Waals surface area contributed by atoms with Gasteiger partial charge in [0.15, 0.2) is 0 Å². The number of nitrogens with zero attached hydrogens (tertiary/aromatic N) is 3. The maximum absolute atomic E-state index is 4.49. The van der Waals surface area contributed by atoms with Crippen LogP contribution in [0.5, 0.6) is 0 Å². The molecule has 4 heteroatoms. The van der Waals surface area contributed by atoms with E-state index in [4.69, 9.17) is 0 Å². The zero-order valence-electron chi connectivity index (χ0n) is 11.7. The van der Waals surface area contributed by atoms with Crippen LogP contribution in [0.25, 0.3) is 0 Å². The molecular weight excluding hydrogens is 236 g/mol. The molecule has 1 unspecified atom stereocenters. The van der Waals surface area contributed by atoms with Gasteiger partial charge in [-0.25, -0.2) is 4.98 Å². The predicted octanol–water partition coefficient (Wildman–Crippen LogP) is 2.58. The molecule has 0 saturated carbocycles. The van der Waals surface area contributed by atoms with Crippen LogP contribution >= 0.6 is 0 Å². The maximum atomic E-state index is 4.49. The van der Waals surface area contributed by atoms with Crippen molar-refractivity contribution in [2.75, 3.05) is 6.54 Å². The quantitative estimate of drug-likeness (QED) is 0.830. The number of aryl methyl sites for hydroxylation is 1. The first-order valence-corrected chi connectivity index (χ1v) is 6.98. The number of rotatable bonds is 7. The first-order valence-electron chi connectivity index (χ1n) is 6.98. The van der Waals surface area contributed by atoms with Gasteiger partial charge in [-0.2, -0.15) is 0 Å². The number of imidazole rings is 1. The largest absolute Gasteiger partial charge is 0.335 e. The average Bonchev–Trinajstić information content (AvgIpc) is 2.87. The zero-order chi connectivity index (χ0) is 13.5. The number of hydrogen-bond donors (Lipinski definition) is 1. The monoisotopic (exact) mass is 258 g/mol. The minimum Gasteiger partial charge on any atom is -0.335 e. The van der Waals surface area contributed by atoms with Crippen LogP contribution in [0.4, 0.5) is 0 Å². The van der Waals surface area contributed by atoms with E-state index >= 15 is 0 Å². The number of hydrogen-bond acceptors (Lipinski definition) is 3. The Kier molecular flexibility index (Phi) is 5.10. The number of pyridine rings is 1. The Labute approximate surface area is 114 Å². The van der Waals surface area contributed by atoms with Crippen molar-refractivity contribution in [3.8, 4) is 0 Å². The van der Waals surface area contributed by atoms with Gasteiger partial charge in [0.05, 0.1) is 0 Å². The van der Waals surface area contributed by atoms with Gasteiger partial charge in [-0.05, 0) is 30.7 Å². The Morgan fingerprint density at radius 3 is 2.68 bits per heavy atom. The highest BCUT2D eigenvalue weighted by atomic mass is 15.1. The summed E-state index contributed by atoms with van der Waals surface area (Å²) in [6.45, 7) is 6.30. The van der Waals surface area contributed by atoms with E-state index in [9.17, 15) is 0 Å². The lowest BCUT2D eigenvalue weighted by Gasteiger charge is -2.18. The molecule has 4 nitrogen and oxygen atoms in total. The molecule has 0 fully saturated rings. The smallest absolute Gasteiger partial charge is 0.110 e. The Morgan fingerprint density at radius 1 is 1.21 bits per heavy atom. The van der Waals surface area contributed by atoms with E-state index in [1.807, 2.05) is 18.6 Å². The minimum absolute atomic E-state index is 0.297. The van der Waals surface area contributed by atoms with Crippen LogP contribution in [0.15, 0.2) is 36.9 Å². The molecule has 0 aliphatic rings. The molecule has 0 aliphatic heterocycles. The van der Waals surface area contributed by atoms with Crippen LogP contribution in [-0.4, -0.2) is 21.1 Å². The molecule has 0 bridgehead atoms. The number of aromatic nitrogens is 3. The van der Waals surface area contributed by atoms with Gasteiger partial charge in [-0.1, -0.05) is 13.8 Å². The summed E-state index contributed by atoms with van der Waals surface area (Å²) in [7, 11) is 0. The Hall–Kier alpha value is -1.68. The third kappa shape index (κ3) is 3.64. The topological polar surface area (TPSA) is 42.7 Å². The van der Waals surface area contributed by atoms with E-state index in [0.29, 0.717) is 6.04 Å². The molecule has 2 aromatic rings. The second-order valence-corrected chi connectivity index (χ2v) is 4.63. The lowest BCUT2D eigenvalue weighted by Crippen LogP contribution is -2.24. The van der Waals surface area contributed by atoms with Gasteiger partial charge in [0, 0.05) is 43.8 Å². The first kappa shape index (κ1) is 13.7. The molecule has 0 aromatic carbocycles. The van der Waals surface area contributed by atoms with Gasteiger partial charge in [0.25, 0.3) is 0 Å². The predicted molar refractivity (Wildman–Crippen MR) is 76.9 cm³/mol. The number of likely N-dealkylation sites (N-methyl/N-ethyl adjacent to an activating group) is 1. The molecule has 102 valence electrons. The third-order valence-corrected chi connectivity index (χ3v) is 3.21. The highest BCUT2D eigenvalue weighted by Gasteiger charge is 2.14. The van der Waals surface area contributed by atoms with E-state index in [1.165, 1.54) is 5.56 Å². The second kappa shape index (κ2) is 7.04. The van der Waals surface area contributed by atoms with Gasteiger partial charge in [-0.3, -0.25) is 4.98 Å². The van der Waals surface area contributed by atoms with Gasteiger partial charge in [0.1, 0.15) is 5.82 Å². The Morgan fingerprint density at radius 2 is 2.00 bits per heavy atom. The minimum atomic E-state index is 0.297. The average molecular weight is 258 g/mol. The van der Waals surface area contributed by atoms with Crippen molar-refractivity contribution in [3.05, 3.63) is 48.3 Å². The summed E-state index contributed by atoms with van der Waals surface area (Å²) in [4.78, 5) is 8.57. The first-order chi connectivity index (χ1) is 9.35. The molecule has 1 N–H and O–H groups in total. The molecule has 0 spiro atoms. The lowest BCUT2D eigenvalue weighted by molar-refractivity contribution is 0.516. The molecule has 0 saturated heterocycles. The van der Waals surface area contributed by atoms with Crippen molar-refractivity contribution >= 4 is 0 Å². The standard InChI is InChI=1S/C15H22N4/c1-3-10-19-11-9-18-15(19)12-14(17-4-2)13-5-7-16-8-6-13/h5-9,11,14,17H,3-4,10,12H2,1-2H3. The van der Waals surface area contributed by atoms with Crippen LogP contribution in [-0.2, 0) is 13.0 Å². The van der Waals surface area contributed by atoms with Gasteiger partial charge in [0.2, 0.25) is 0 Å².